The van der Waals surface area contributed by atoms with Crippen LogP contribution in [0.1, 0.15) is 6.42 Å². The highest BCUT2D eigenvalue weighted by molar-refractivity contribution is 7.84. The maximum atomic E-state index is 11.7. The van der Waals surface area contributed by atoms with E-state index < -0.39 is 22.6 Å². The zero-order chi connectivity index (χ0) is 12.7. The summed E-state index contributed by atoms with van der Waals surface area (Å²) in [6, 6.07) is 0. The van der Waals surface area contributed by atoms with Gasteiger partial charge in [0.15, 0.2) is 0 Å². The van der Waals surface area contributed by atoms with E-state index in [-0.39, 0.29) is 0 Å². The van der Waals surface area contributed by atoms with E-state index in [4.69, 9.17) is 0 Å². The van der Waals surface area contributed by atoms with Gasteiger partial charge in [0.25, 0.3) is 0 Å². The molecule has 1 aliphatic rings. The Kier molecular flexibility index (Phi) is 6.13. The van der Waals surface area contributed by atoms with Crippen LogP contribution in [0.3, 0.4) is 0 Å². The zero-order valence-electron chi connectivity index (χ0n) is 10.0. The fourth-order valence-corrected chi connectivity index (χ4v) is 2.12. The van der Waals surface area contributed by atoms with Crippen LogP contribution in [0.15, 0.2) is 0 Å². The Hall–Kier alpha value is -0.950. The van der Waals surface area contributed by atoms with E-state index in [1.54, 1.807) is 11.2 Å². The van der Waals surface area contributed by atoms with Gasteiger partial charge in [-0.05, 0) is 6.42 Å². The number of nitrogens with zero attached hydrogens (tertiary/aromatic N) is 1. The summed E-state index contributed by atoms with van der Waals surface area (Å²) in [7, 11) is -0.850. The second-order valence-electron chi connectivity index (χ2n) is 3.93. The number of carbonyl (C=O) groups is 2. The van der Waals surface area contributed by atoms with Crippen LogP contribution in [0.5, 0.6) is 0 Å². The van der Waals surface area contributed by atoms with E-state index >= 15 is 0 Å². The van der Waals surface area contributed by atoms with Crippen molar-refractivity contribution in [1.29, 1.82) is 0 Å². The highest BCUT2D eigenvalue weighted by Gasteiger charge is 2.22. The van der Waals surface area contributed by atoms with Crippen molar-refractivity contribution in [3.63, 3.8) is 0 Å². The van der Waals surface area contributed by atoms with Crippen LogP contribution >= 0.6 is 0 Å². The molecule has 1 saturated heterocycles. The minimum atomic E-state index is -0.850. The highest BCUT2D eigenvalue weighted by Crippen LogP contribution is 1.93. The Morgan fingerprint density at radius 2 is 2.00 bits per heavy atom. The number of rotatable bonds is 4. The molecule has 0 radical (unpaired) electrons. The molecule has 0 aromatic carbocycles. The normalized spacial score (nSPS) is 17.6. The Morgan fingerprint density at radius 3 is 2.59 bits per heavy atom. The van der Waals surface area contributed by atoms with Crippen LogP contribution in [-0.4, -0.2) is 65.7 Å². The lowest BCUT2D eigenvalue weighted by atomic mass is 10.3. The van der Waals surface area contributed by atoms with Gasteiger partial charge >= 0.3 is 11.8 Å². The molecule has 1 atom stereocenters. The summed E-state index contributed by atoms with van der Waals surface area (Å²) in [4.78, 5) is 24.7. The average molecular weight is 261 g/mol. The summed E-state index contributed by atoms with van der Waals surface area (Å²) in [5.41, 5.74) is 0. The second-order valence-corrected chi connectivity index (χ2v) is 5.48. The summed E-state index contributed by atoms with van der Waals surface area (Å²) in [5.74, 6) is -0.486. The predicted molar refractivity (Wildman–Crippen MR) is 66.0 cm³/mol. The average Bonchev–Trinajstić information content (AvgIpc) is 2.34. The molecule has 0 aliphatic carbocycles. The molecule has 0 saturated carbocycles. The van der Waals surface area contributed by atoms with Crippen LogP contribution in [0, 0.1) is 0 Å². The van der Waals surface area contributed by atoms with Crippen molar-refractivity contribution < 1.29 is 13.8 Å². The van der Waals surface area contributed by atoms with Gasteiger partial charge in [0.05, 0.1) is 0 Å². The Balaban J connectivity index is 2.22. The molecule has 1 aliphatic heterocycles. The highest BCUT2D eigenvalue weighted by atomic mass is 32.2. The molecule has 2 N–H and O–H groups in total. The van der Waals surface area contributed by atoms with Crippen molar-refractivity contribution in [2.24, 2.45) is 0 Å². The third-order valence-corrected chi connectivity index (χ3v) is 3.36. The summed E-state index contributed by atoms with van der Waals surface area (Å²) < 4.78 is 10.8. The van der Waals surface area contributed by atoms with Crippen molar-refractivity contribution in [3.05, 3.63) is 0 Å². The number of piperazine rings is 1. The van der Waals surface area contributed by atoms with E-state index in [1.807, 2.05) is 0 Å². The standard InChI is InChI=1S/C10H19N3O3S/c1-17(16)8-2-3-12-9(14)10(15)13-6-4-11-5-7-13/h11H,2-8H2,1H3,(H,12,14). The summed E-state index contributed by atoms with van der Waals surface area (Å²) in [6.07, 6.45) is 2.25. The van der Waals surface area contributed by atoms with Crippen molar-refractivity contribution in [2.75, 3.05) is 44.7 Å². The van der Waals surface area contributed by atoms with Crippen molar-refractivity contribution in [2.45, 2.75) is 6.42 Å². The Labute approximate surface area is 104 Å². The largest absolute Gasteiger partial charge is 0.348 e. The molecule has 0 aromatic rings. The van der Waals surface area contributed by atoms with Gasteiger partial charge in [0, 0.05) is 55.5 Å². The lowest BCUT2D eigenvalue weighted by Crippen LogP contribution is -2.51. The lowest BCUT2D eigenvalue weighted by molar-refractivity contribution is -0.146. The molecule has 0 bridgehead atoms. The van der Waals surface area contributed by atoms with Gasteiger partial charge < -0.3 is 15.5 Å². The fraction of sp³-hybridized carbons (Fsp3) is 0.800. The zero-order valence-corrected chi connectivity index (χ0v) is 10.8. The SMILES string of the molecule is CS(=O)CCCNC(=O)C(=O)N1CCNCC1. The monoisotopic (exact) mass is 261 g/mol. The summed E-state index contributed by atoms with van der Waals surface area (Å²) >= 11 is 0. The molecule has 1 heterocycles. The fourth-order valence-electron chi connectivity index (χ4n) is 1.56. The molecule has 98 valence electrons. The van der Waals surface area contributed by atoms with E-state index in [0.29, 0.717) is 31.8 Å². The maximum Gasteiger partial charge on any atom is 0.311 e. The molecule has 1 rings (SSSR count). The summed E-state index contributed by atoms with van der Waals surface area (Å²) in [6.45, 7) is 3.01. The van der Waals surface area contributed by atoms with Crippen molar-refractivity contribution >= 4 is 22.6 Å². The molecular formula is C10H19N3O3S. The number of carbonyl (C=O) groups excluding carboxylic acids is 2. The maximum absolute atomic E-state index is 11.7. The molecule has 0 aromatic heterocycles. The van der Waals surface area contributed by atoms with Gasteiger partial charge in [-0.2, -0.15) is 0 Å². The molecule has 1 unspecified atom stereocenters. The third-order valence-electron chi connectivity index (χ3n) is 2.49. The van der Waals surface area contributed by atoms with Crippen molar-refractivity contribution in [1.82, 2.24) is 15.5 Å². The predicted octanol–water partition coefficient (Wildman–Crippen LogP) is -1.70. The molecule has 2 amide bonds. The number of amides is 2. The summed E-state index contributed by atoms with van der Waals surface area (Å²) in [5, 5.41) is 5.66. The molecule has 6 nitrogen and oxygen atoms in total. The molecule has 1 fully saturated rings. The van der Waals surface area contributed by atoms with Gasteiger partial charge in [-0.1, -0.05) is 0 Å². The van der Waals surface area contributed by atoms with E-state index in [9.17, 15) is 13.8 Å². The van der Waals surface area contributed by atoms with Crippen LogP contribution in [0.2, 0.25) is 0 Å². The van der Waals surface area contributed by atoms with Gasteiger partial charge in [-0.3, -0.25) is 13.8 Å². The third kappa shape index (κ3) is 5.27. The first kappa shape index (κ1) is 14.1. The molecule has 0 spiro atoms. The van der Waals surface area contributed by atoms with E-state index in [0.717, 1.165) is 13.1 Å². The number of hydrogen-bond acceptors (Lipinski definition) is 4. The number of hydrogen-bond donors (Lipinski definition) is 2. The van der Waals surface area contributed by atoms with Gasteiger partial charge in [0.1, 0.15) is 0 Å². The molecule has 17 heavy (non-hydrogen) atoms. The van der Waals surface area contributed by atoms with Crippen LogP contribution in [0.25, 0.3) is 0 Å². The van der Waals surface area contributed by atoms with Crippen LogP contribution in [0.4, 0.5) is 0 Å². The Morgan fingerprint density at radius 1 is 1.35 bits per heavy atom. The van der Waals surface area contributed by atoms with Crippen LogP contribution < -0.4 is 10.6 Å². The van der Waals surface area contributed by atoms with Crippen LogP contribution in [-0.2, 0) is 20.4 Å². The lowest BCUT2D eigenvalue weighted by Gasteiger charge is -2.26. The minimum absolute atomic E-state index is 0.399. The van der Waals surface area contributed by atoms with E-state index in [2.05, 4.69) is 10.6 Å². The van der Waals surface area contributed by atoms with E-state index in [1.165, 1.54) is 0 Å². The van der Waals surface area contributed by atoms with Crippen molar-refractivity contribution in [3.8, 4) is 0 Å². The van der Waals surface area contributed by atoms with Gasteiger partial charge in [-0.25, -0.2) is 0 Å². The smallest absolute Gasteiger partial charge is 0.311 e. The quantitative estimate of drug-likeness (QED) is 0.467. The minimum Gasteiger partial charge on any atom is -0.348 e. The number of nitrogens with one attached hydrogen (secondary N) is 2. The second kappa shape index (κ2) is 7.39. The first-order valence-corrected chi connectivity index (χ1v) is 7.42. The Bertz CT molecular complexity index is 303. The first-order valence-electron chi connectivity index (χ1n) is 5.69. The molecule has 7 heteroatoms. The first-order chi connectivity index (χ1) is 8.11. The van der Waals surface area contributed by atoms with Gasteiger partial charge in [0.2, 0.25) is 0 Å². The molecular weight excluding hydrogens is 242 g/mol. The topological polar surface area (TPSA) is 78.5 Å². The van der Waals surface area contributed by atoms with Gasteiger partial charge in [-0.15, -0.1) is 0 Å².